The lowest BCUT2D eigenvalue weighted by Crippen LogP contribution is -2.10. The van der Waals surface area contributed by atoms with Crippen LogP contribution in [0, 0.1) is 6.92 Å². The summed E-state index contributed by atoms with van der Waals surface area (Å²) in [6.07, 6.45) is 3.73. The van der Waals surface area contributed by atoms with Crippen molar-refractivity contribution in [3.05, 3.63) is 83.7 Å². The van der Waals surface area contributed by atoms with Crippen molar-refractivity contribution < 1.29 is 9.53 Å². The lowest BCUT2D eigenvalue weighted by atomic mass is 10.0. The molecule has 3 rings (SSSR count). The molecule has 0 aliphatic rings. The minimum Gasteiger partial charge on any atom is -0.465 e. The second-order valence-corrected chi connectivity index (χ2v) is 6.26. The zero-order valence-corrected chi connectivity index (χ0v) is 15.2. The second-order valence-electron chi connectivity index (χ2n) is 6.26. The molecule has 4 heteroatoms. The number of methoxy groups -OCH3 is 1. The van der Waals surface area contributed by atoms with Gasteiger partial charge in [-0.1, -0.05) is 36.4 Å². The van der Waals surface area contributed by atoms with Crippen molar-refractivity contribution in [2.75, 3.05) is 12.4 Å². The molecule has 26 heavy (non-hydrogen) atoms. The van der Waals surface area contributed by atoms with E-state index in [4.69, 9.17) is 4.74 Å². The normalized spacial score (nSPS) is 11.7. The lowest BCUT2D eigenvalue weighted by molar-refractivity contribution is 0.0601. The fraction of sp³-hybridized carbons (Fsp3) is 0.182. The molecule has 1 heterocycles. The average Bonchev–Trinajstić information content (AvgIpc) is 2.69. The van der Waals surface area contributed by atoms with Gasteiger partial charge in [0.25, 0.3) is 0 Å². The molecule has 3 aromatic rings. The Labute approximate surface area is 153 Å². The van der Waals surface area contributed by atoms with E-state index in [-0.39, 0.29) is 12.0 Å². The molecule has 0 spiro atoms. The number of ether oxygens (including phenoxy) is 1. The van der Waals surface area contributed by atoms with E-state index < -0.39 is 0 Å². The quantitative estimate of drug-likeness (QED) is 0.659. The Balaban J connectivity index is 1.85. The van der Waals surface area contributed by atoms with Crippen LogP contribution >= 0.6 is 0 Å². The number of nitrogens with one attached hydrogen (secondary N) is 1. The number of aromatic nitrogens is 1. The maximum absolute atomic E-state index is 11.8. The number of aryl methyl sites for hydroxylation is 1. The molecule has 4 nitrogen and oxygen atoms in total. The molecule has 2 aromatic carbocycles. The summed E-state index contributed by atoms with van der Waals surface area (Å²) in [6.45, 7) is 4.09. The monoisotopic (exact) mass is 346 g/mol. The fourth-order valence-electron chi connectivity index (χ4n) is 2.82. The number of benzene rings is 2. The standard InChI is InChI=1S/C22H22N2O2/c1-15-9-10-18(22(25)26-3)12-21(15)24-16(2)19-11-20(14-23-13-19)17-7-5-4-6-8-17/h4-14,16,24H,1-3H3. The van der Waals surface area contributed by atoms with Crippen molar-refractivity contribution in [3.63, 3.8) is 0 Å². The van der Waals surface area contributed by atoms with Crippen LogP contribution in [0.25, 0.3) is 11.1 Å². The third-order valence-electron chi connectivity index (χ3n) is 4.40. The molecule has 0 aliphatic heterocycles. The molecule has 1 atom stereocenters. The summed E-state index contributed by atoms with van der Waals surface area (Å²) in [4.78, 5) is 16.2. The van der Waals surface area contributed by atoms with Gasteiger partial charge in [-0.3, -0.25) is 4.98 Å². The highest BCUT2D eigenvalue weighted by atomic mass is 16.5. The van der Waals surface area contributed by atoms with Crippen molar-refractivity contribution in [3.8, 4) is 11.1 Å². The Morgan fingerprint density at radius 3 is 2.54 bits per heavy atom. The maximum atomic E-state index is 11.8. The summed E-state index contributed by atoms with van der Waals surface area (Å²) in [7, 11) is 1.39. The predicted octanol–water partition coefficient (Wildman–Crippen LogP) is 5.02. The molecule has 1 unspecified atom stereocenters. The number of esters is 1. The van der Waals surface area contributed by atoms with E-state index in [1.807, 2.05) is 49.6 Å². The third kappa shape index (κ3) is 3.91. The summed E-state index contributed by atoms with van der Waals surface area (Å²) in [6, 6.07) is 17.9. The van der Waals surface area contributed by atoms with Crippen molar-refractivity contribution in [1.82, 2.24) is 4.98 Å². The van der Waals surface area contributed by atoms with Crippen LogP contribution in [0.5, 0.6) is 0 Å². The summed E-state index contributed by atoms with van der Waals surface area (Å²) < 4.78 is 4.81. The highest BCUT2D eigenvalue weighted by molar-refractivity contribution is 5.90. The first kappa shape index (κ1) is 17.7. The number of carbonyl (C=O) groups excluding carboxylic acids is 1. The van der Waals surface area contributed by atoms with E-state index in [9.17, 15) is 4.79 Å². The van der Waals surface area contributed by atoms with Gasteiger partial charge in [-0.15, -0.1) is 0 Å². The van der Waals surface area contributed by atoms with Crippen LogP contribution in [0.1, 0.15) is 34.5 Å². The topological polar surface area (TPSA) is 51.2 Å². The Kier molecular flexibility index (Phi) is 5.32. The molecule has 1 aromatic heterocycles. The minimum atomic E-state index is -0.339. The molecule has 0 aliphatic carbocycles. The van der Waals surface area contributed by atoms with Crippen molar-refractivity contribution in [2.24, 2.45) is 0 Å². The first-order valence-corrected chi connectivity index (χ1v) is 8.54. The molecule has 0 radical (unpaired) electrons. The largest absolute Gasteiger partial charge is 0.465 e. The first-order valence-electron chi connectivity index (χ1n) is 8.54. The number of carbonyl (C=O) groups is 1. The third-order valence-corrected chi connectivity index (χ3v) is 4.40. The van der Waals surface area contributed by atoms with Crippen molar-refractivity contribution >= 4 is 11.7 Å². The van der Waals surface area contributed by atoms with E-state index in [1.54, 1.807) is 6.07 Å². The van der Waals surface area contributed by atoms with Crippen LogP contribution in [0.3, 0.4) is 0 Å². The molecule has 0 amide bonds. The maximum Gasteiger partial charge on any atom is 0.337 e. The van der Waals surface area contributed by atoms with Crippen LogP contribution < -0.4 is 5.32 Å². The Morgan fingerprint density at radius 2 is 1.81 bits per heavy atom. The van der Waals surface area contributed by atoms with Gasteiger partial charge in [-0.2, -0.15) is 0 Å². The molecule has 0 bridgehead atoms. The van der Waals surface area contributed by atoms with Gasteiger partial charge >= 0.3 is 5.97 Å². The Bertz CT molecular complexity index is 907. The second kappa shape index (κ2) is 7.83. The van der Waals surface area contributed by atoms with E-state index >= 15 is 0 Å². The number of rotatable bonds is 5. The van der Waals surface area contributed by atoms with E-state index in [0.717, 1.165) is 27.9 Å². The molecule has 132 valence electrons. The van der Waals surface area contributed by atoms with Gasteiger partial charge in [0.1, 0.15) is 0 Å². The summed E-state index contributed by atoms with van der Waals surface area (Å²) >= 11 is 0. The molecular formula is C22H22N2O2. The Hall–Kier alpha value is -3.14. The average molecular weight is 346 g/mol. The molecular weight excluding hydrogens is 324 g/mol. The molecule has 0 saturated carbocycles. The van der Waals surface area contributed by atoms with Crippen LogP contribution in [-0.4, -0.2) is 18.1 Å². The van der Waals surface area contributed by atoms with Gasteiger partial charge in [0.2, 0.25) is 0 Å². The lowest BCUT2D eigenvalue weighted by Gasteiger charge is -2.18. The smallest absolute Gasteiger partial charge is 0.337 e. The van der Waals surface area contributed by atoms with Crippen molar-refractivity contribution in [1.29, 1.82) is 0 Å². The molecule has 0 saturated heterocycles. The summed E-state index contributed by atoms with van der Waals surface area (Å²) in [5, 5.41) is 3.48. The number of anilines is 1. The number of hydrogen-bond acceptors (Lipinski definition) is 4. The first-order chi connectivity index (χ1) is 12.6. The van der Waals surface area contributed by atoms with E-state index in [2.05, 4.69) is 35.4 Å². The van der Waals surface area contributed by atoms with Crippen LogP contribution in [-0.2, 0) is 4.74 Å². The van der Waals surface area contributed by atoms with Gasteiger partial charge in [-0.05, 0) is 48.7 Å². The van der Waals surface area contributed by atoms with Crippen LogP contribution in [0.15, 0.2) is 67.0 Å². The summed E-state index contributed by atoms with van der Waals surface area (Å²) in [5.41, 5.74) is 5.80. The highest BCUT2D eigenvalue weighted by Crippen LogP contribution is 2.26. The number of nitrogens with zero attached hydrogens (tertiary/aromatic N) is 1. The Morgan fingerprint density at radius 1 is 1.04 bits per heavy atom. The van der Waals surface area contributed by atoms with E-state index in [0.29, 0.717) is 5.56 Å². The van der Waals surface area contributed by atoms with Crippen LogP contribution in [0.4, 0.5) is 5.69 Å². The molecule has 0 fully saturated rings. The SMILES string of the molecule is COC(=O)c1ccc(C)c(NC(C)c2cncc(-c3ccccc3)c2)c1. The zero-order chi connectivity index (χ0) is 18.5. The molecule has 1 N–H and O–H groups in total. The van der Waals surface area contributed by atoms with Gasteiger partial charge in [0, 0.05) is 23.6 Å². The van der Waals surface area contributed by atoms with Crippen LogP contribution in [0.2, 0.25) is 0 Å². The van der Waals surface area contributed by atoms with Gasteiger partial charge < -0.3 is 10.1 Å². The van der Waals surface area contributed by atoms with E-state index in [1.165, 1.54) is 7.11 Å². The minimum absolute atomic E-state index is 0.0396. The van der Waals surface area contributed by atoms with Gasteiger partial charge in [-0.25, -0.2) is 4.79 Å². The number of pyridine rings is 1. The predicted molar refractivity (Wildman–Crippen MR) is 104 cm³/mol. The van der Waals surface area contributed by atoms with Gasteiger partial charge in [0.05, 0.1) is 18.7 Å². The fourth-order valence-corrected chi connectivity index (χ4v) is 2.82. The number of hydrogen-bond donors (Lipinski definition) is 1. The zero-order valence-electron chi connectivity index (χ0n) is 15.2. The van der Waals surface area contributed by atoms with Crippen molar-refractivity contribution in [2.45, 2.75) is 19.9 Å². The summed E-state index contributed by atoms with van der Waals surface area (Å²) in [5.74, 6) is -0.339. The van der Waals surface area contributed by atoms with Gasteiger partial charge in [0.15, 0.2) is 0 Å². The highest BCUT2D eigenvalue weighted by Gasteiger charge is 2.12.